The normalized spacial score (nSPS) is 12.1. The minimum atomic E-state index is -4.92. The molecule has 0 atom stereocenters. The largest absolute Gasteiger partial charge is 0.431 e. The van der Waals surface area contributed by atoms with E-state index in [4.69, 9.17) is 11.6 Å². The van der Waals surface area contributed by atoms with Gasteiger partial charge in [-0.2, -0.15) is 24.9 Å². The van der Waals surface area contributed by atoms with Gasteiger partial charge in [0.1, 0.15) is 11.4 Å². The van der Waals surface area contributed by atoms with E-state index in [0.29, 0.717) is 25.9 Å². The van der Waals surface area contributed by atoms with E-state index >= 15 is 0 Å². The molecule has 3 rings (SSSR count). The van der Waals surface area contributed by atoms with Gasteiger partial charge in [0, 0.05) is 34.4 Å². The number of fused-ring (bicyclic) bond motifs is 1. The minimum absolute atomic E-state index is 0.0171. The van der Waals surface area contributed by atoms with Gasteiger partial charge in [-0.15, -0.1) is 0 Å². The van der Waals surface area contributed by atoms with E-state index in [0.717, 1.165) is 13.1 Å². The zero-order valence-electron chi connectivity index (χ0n) is 14.2. The first kappa shape index (κ1) is 21.0. The molecule has 1 N–H and O–H groups in total. The predicted octanol–water partition coefficient (Wildman–Crippen LogP) is 4.45. The Balaban J connectivity index is 2.46. The Hall–Kier alpha value is -1.72. The number of hydrogen-bond donors (Lipinski definition) is 1. The van der Waals surface area contributed by atoms with Gasteiger partial charge in [0.05, 0.1) is 10.5 Å². The van der Waals surface area contributed by atoms with Crippen LogP contribution in [0.25, 0.3) is 16.6 Å². The van der Waals surface area contributed by atoms with Crippen LogP contribution >= 0.6 is 39.3 Å². The topological polar surface area (TPSA) is 59.8 Å². The fourth-order valence-corrected chi connectivity index (χ4v) is 4.61. The first-order chi connectivity index (χ1) is 13.0. The second-order valence-electron chi connectivity index (χ2n) is 5.83. The van der Waals surface area contributed by atoms with Crippen molar-refractivity contribution in [2.24, 2.45) is 7.05 Å². The van der Waals surface area contributed by atoms with Gasteiger partial charge >= 0.3 is 11.9 Å². The highest BCUT2D eigenvalue weighted by atomic mass is 79.9. The Bertz CT molecular complexity index is 1220. The lowest BCUT2D eigenvalue weighted by atomic mass is 10.2. The number of aromatic nitrogens is 3. The molecule has 0 saturated heterocycles. The van der Waals surface area contributed by atoms with Crippen LogP contribution in [0.3, 0.4) is 0 Å². The van der Waals surface area contributed by atoms with Gasteiger partial charge in [-0.25, -0.2) is 13.8 Å². The van der Waals surface area contributed by atoms with Crippen LogP contribution in [0, 0.1) is 5.82 Å². The summed E-state index contributed by atoms with van der Waals surface area (Å²) in [6.45, 7) is 0. The van der Waals surface area contributed by atoms with Gasteiger partial charge in [-0.3, -0.25) is 9.36 Å². The third-order valence-electron chi connectivity index (χ3n) is 4.09. The summed E-state index contributed by atoms with van der Waals surface area (Å²) in [5.41, 5.74) is -3.92. The summed E-state index contributed by atoms with van der Waals surface area (Å²) in [5, 5.41) is 0.333. The van der Waals surface area contributed by atoms with E-state index in [1.54, 1.807) is 0 Å². The van der Waals surface area contributed by atoms with Crippen molar-refractivity contribution >= 4 is 50.2 Å². The first-order valence-electron chi connectivity index (χ1n) is 7.56. The van der Waals surface area contributed by atoms with E-state index in [-0.39, 0.29) is 21.2 Å². The summed E-state index contributed by atoms with van der Waals surface area (Å²) in [4.78, 5) is 27.8. The summed E-state index contributed by atoms with van der Waals surface area (Å²) in [6.07, 6.45) is -3.09. The van der Waals surface area contributed by atoms with E-state index in [1.165, 1.54) is 11.8 Å². The number of nitrogens with zero attached hydrogens (tertiary/aromatic N) is 2. The maximum atomic E-state index is 14.8. The number of hydrogen-bond acceptors (Lipinski definition) is 3. The molecule has 0 radical (unpaired) electrons. The van der Waals surface area contributed by atoms with Crippen LogP contribution < -0.4 is 11.2 Å². The van der Waals surface area contributed by atoms with Crippen molar-refractivity contribution in [2.75, 3.05) is 6.26 Å². The second kappa shape index (κ2) is 7.27. The molecule has 0 unspecified atom stereocenters. The van der Waals surface area contributed by atoms with E-state index < -0.39 is 34.6 Å². The Morgan fingerprint density at radius 1 is 1.29 bits per heavy atom. The van der Waals surface area contributed by atoms with Crippen LogP contribution in [0.2, 0.25) is 5.02 Å². The molecule has 28 heavy (non-hydrogen) atoms. The predicted molar refractivity (Wildman–Crippen MR) is 104 cm³/mol. The van der Waals surface area contributed by atoms with Crippen LogP contribution in [0.5, 0.6) is 0 Å². The summed E-state index contributed by atoms with van der Waals surface area (Å²) >= 11 is 10.9. The number of halogens is 6. The number of alkyl halides is 3. The molecule has 0 fully saturated rings. The maximum absolute atomic E-state index is 14.8. The SMILES string of the molecule is CSCc1[nH]c2c(-n3c(=O)cc(C(F)(F)F)n(C)c3=O)c(F)cc(Cl)c2c1Br. The smallest absolute Gasteiger partial charge is 0.355 e. The molecule has 0 amide bonds. The summed E-state index contributed by atoms with van der Waals surface area (Å²) in [7, 11) is 0.857. The van der Waals surface area contributed by atoms with Gasteiger partial charge in [-0.1, -0.05) is 11.6 Å². The van der Waals surface area contributed by atoms with E-state index in [2.05, 4.69) is 20.9 Å². The molecular formula is C16H11BrClF4N3O2S. The Labute approximate surface area is 172 Å². The fourth-order valence-electron chi connectivity index (χ4n) is 2.87. The summed E-state index contributed by atoms with van der Waals surface area (Å²) in [6, 6.07) is 1.16. The molecule has 1 aromatic carbocycles. The van der Waals surface area contributed by atoms with Crippen LogP contribution in [0.4, 0.5) is 17.6 Å². The van der Waals surface area contributed by atoms with Crippen molar-refractivity contribution in [3.05, 3.63) is 59.7 Å². The van der Waals surface area contributed by atoms with Crippen molar-refractivity contribution in [1.29, 1.82) is 0 Å². The van der Waals surface area contributed by atoms with Crippen LogP contribution in [-0.2, 0) is 19.0 Å². The standard InChI is InChI=1S/C16H11BrClF4N3O2S/c1-24-9(16(20,21)22)4-10(26)25(15(24)27)14-7(19)3-6(18)11-12(17)8(5-28-2)23-13(11)14/h3-4,23H,5H2,1-2H3. The molecule has 150 valence electrons. The highest BCUT2D eigenvalue weighted by molar-refractivity contribution is 9.10. The van der Waals surface area contributed by atoms with Gasteiger partial charge in [0.15, 0.2) is 5.82 Å². The first-order valence-corrected chi connectivity index (χ1v) is 10.1. The average molecular weight is 501 g/mol. The molecule has 0 aliphatic heterocycles. The number of benzene rings is 1. The molecule has 12 heteroatoms. The number of H-pyrrole nitrogens is 1. The van der Waals surface area contributed by atoms with Crippen molar-refractivity contribution in [3.63, 3.8) is 0 Å². The van der Waals surface area contributed by atoms with Gasteiger partial charge in [0.2, 0.25) is 0 Å². The molecule has 3 aromatic rings. The van der Waals surface area contributed by atoms with Gasteiger partial charge in [0.25, 0.3) is 5.56 Å². The number of thioether (sulfide) groups is 1. The molecule has 0 bridgehead atoms. The zero-order chi connectivity index (χ0) is 21.0. The lowest BCUT2D eigenvalue weighted by Crippen LogP contribution is -2.41. The summed E-state index contributed by atoms with van der Waals surface area (Å²) in [5.74, 6) is -0.548. The van der Waals surface area contributed by atoms with Crippen molar-refractivity contribution < 1.29 is 17.6 Å². The van der Waals surface area contributed by atoms with Crippen molar-refractivity contribution in [3.8, 4) is 5.69 Å². The van der Waals surface area contributed by atoms with Crippen molar-refractivity contribution in [2.45, 2.75) is 11.9 Å². The molecule has 2 aromatic heterocycles. The minimum Gasteiger partial charge on any atom is -0.355 e. The van der Waals surface area contributed by atoms with Crippen LogP contribution in [-0.4, -0.2) is 20.4 Å². The molecule has 0 saturated carbocycles. The number of aromatic amines is 1. The fraction of sp³-hybridized carbons (Fsp3) is 0.250. The Morgan fingerprint density at radius 2 is 1.93 bits per heavy atom. The highest BCUT2D eigenvalue weighted by Gasteiger charge is 2.35. The summed E-state index contributed by atoms with van der Waals surface area (Å²) < 4.78 is 55.1. The third kappa shape index (κ3) is 3.29. The van der Waals surface area contributed by atoms with Gasteiger partial charge in [-0.05, 0) is 28.3 Å². The van der Waals surface area contributed by atoms with Gasteiger partial charge < -0.3 is 4.98 Å². The molecular weight excluding hydrogens is 490 g/mol. The van der Waals surface area contributed by atoms with Crippen LogP contribution in [0.1, 0.15) is 11.4 Å². The molecule has 2 heterocycles. The van der Waals surface area contributed by atoms with E-state index in [9.17, 15) is 27.2 Å². The zero-order valence-corrected chi connectivity index (χ0v) is 17.4. The van der Waals surface area contributed by atoms with Crippen molar-refractivity contribution in [1.82, 2.24) is 14.1 Å². The van der Waals surface area contributed by atoms with E-state index in [1.807, 2.05) is 6.26 Å². The molecule has 0 aliphatic carbocycles. The maximum Gasteiger partial charge on any atom is 0.431 e. The quantitative estimate of drug-likeness (QED) is 0.541. The Morgan fingerprint density at radius 3 is 2.50 bits per heavy atom. The molecule has 0 spiro atoms. The lowest BCUT2D eigenvalue weighted by molar-refractivity contribution is -0.144. The molecule has 5 nitrogen and oxygen atoms in total. The third-order valence-corrected chi connectivity index (χ3v) is 5.84. The number of nitrogens with one attached hydrogen (secondary N) is 1. The monoisotopic (exact) mass is 499 g/mol. The average Bonchev–Trinajstić information content (AvgIpc) is 2.90. The lowest BCUT2D eigenvalue weighted by Gasteiger charge is -2.15. The molecule has 0 aliphatic rings. The number of rotatable bonds is 3. The second-order valence-corrected chi connectivity index (χ2v) is 7.90. The van der Waals surface area contributed by atoms with Crippen LogP contribution in [0.15, 0.2) is 26.2 Å². The Kier molecular flexibility index (Phi) is 5.45. The highest BCUT2D eigenvalue weighted by Crippen LogP contribution is 2.38.